The van der Waals surface area contributed by atoms with Crippen molar-refractivity contribution in [3.05, 3.63) is 27.1 Å². The zero-order chi connectivity index (χ0) is 18.5. The van der Waals surface area contributed by atoms with E-state index >= 15 is 0 Å². The lowest BCUT2D eigenvalue weighted by atomic mass is 9.97. The number of likely N-dealkylation sites (N-methyl/N-ethyl adjacent to an activating group) is 1. The second-order valence-electron chi connectivity index (χ2n) is 7.13. The van der Waals surface area contributed by atoms with Crippen LogP contribution in [0.15, 0.2) is 11.1 Å². The zero-order valence-electron chi connectivity index (χ0n) is 14.6. The Morgan fingerprint density at radius 2 is 2.15 bits per heavy atom. The van der Waals surface area contributed by atoms with Crippen molar-refractivity contribution in [3.8, 4) is 0 Å². The van der Waals surface area contributed by atoms with Gasteiger partial charge in [0.15, 0.2) is 9.84 Å². The average Bonchev–Trinajstić information content (AvgIpc) is 3.16. The van der Waals surface area contributed by atoms with E-state index in [2.05, 4.69) is 4.98 Å². The molecule has 0 spiro atoms. The van der Waals surface area contributed by atoms with Crippen molar-refractivity contribution >= 4 is 37.3 Å². The van der Waals surface area contributed by atoms with E-state index in [1.54, 1.807) is 18.4 Å². The van der Waals surface area contributed by atoms with Gasteiger partial charge >= 0.3 is 0 Å². The van der Waals surface area contributed by atoms with Gasteiger partial charge in [0.25, 0.3) is 5.56 Å². The number of carbonyl (C=O) groups is 1. The van der Waals surface area contributed by atoms with Gasteiger partial charge in [-0.25, -0.2) is 13.4 Å². The van der Waals surface area contributed by atoms with Crippen molar-refractivity contribution < 1.29 is 13.2 Å². The molecule has 1 saturated heterocycles. The Hall–Kier alpha value is -1.74. The van der Waals surface area contributed by atoms with Crippen LogP contribution in [-0.4, -0.2) is 53.4 Å². The van der Waals surface area contributed by atoms with E-state index < -0.39 is 9.84 Å². The van der Waals surface area contributed by atoms with Crippen LogP contribution in [-0.2, 0) is 34.0 Å². The number of rotatable bonds is 3. The van der Waals surface area contributed by atoms with Crippen molar-refractivity contribution in [2.45, 2.75) is 44.7 Å². The molecule has 1 amide bonds. The summed E-state index contributed by atoms with van der Waals surface area (Å²) in [4.78, 5) is 33.3. The van der Waals surface area contributed by atoms with E-state index in [-0.39, 0.29) is 35.6 Å². The van der Waals surface area contributed by atoms with Crippen LogP contribution in [0.1, 0.15) is 29.7 Å². The van der Waals surface area contributed by atoms with Crippen LogP contribution in [0.3, 0.4) is 0 Å². The molecule has 0 bridgehead atoms. The molecule has 140 valence electrons. The molecule has 3 heterocycles. The minimum atomic E-state index is -3.06. The topological polar surface area (TPSA) is 89.3 Å². The van der Waals surface area contributed by atoms with Gasteiger partial charge in [-0.15, -0.1) is 11.3 Å². The third-order valence-corrected chi connectivity index (χ3v) is 8.35. The third kappa shape index (κ3) is 3.07. The number of aryl methyl sites for hydroxylation is 2. The predicted octanol–water partition coefficient (Wildman–Crippen LogP) is 0.982. The fourth-order valence-electron chi connectivity index (χ4n) is 3.84. The molecule has 0 unspecified atom stereocenters. The maximum absolute atomic E-state index is 12.9. The Balaban J connectivity index is 1.60. The maximum atomic E-state index is 12.9. The van der Waals surface area contributed by atoms with Crippen molar-refractivity contribution in [1.82, 2.24) is 14.5 Å². The molecular formula is C17H21N3O4S2. The van der Waals surface area contributed by atoms with Crippen molar-refractivity contribution in [2.24, 2.45) is 0 Å². The third-order valence-electron chi connectivity index (χ3n) is 5.40. The number of nitrogens with zero attached hydrogens (tertiary/aromatic N) is 3. The van der Waals surface area contributed by atoms with E-state index in [0.29, 0.717) is 11.8 Å². The van der Waals surface area contributed by atoms with Crippen LogP contribution in [0, 0.1) is 0 Å². The van der Waals surface area contributed by atoms with Gasteiger partial charge < -0.3 is 4.90 Å². The highest BCUT2D eigenvalue weighted by Crippen LogP contribution is 2.33. The normalized spacial score (nSPS) is 21.7. The minimum Gasteiger partial charge on any atom is -0.340 e. The molecule has 2 aromatic rings. The molecule has 0 N–H and O–H groups in total. The van der Waals surface area contributed by atoms with Crippen molar-refractivity contribution in [1.29, 1.82) is 0 Å². The summed E-state index contributed by atoms with van der Waals surface area (Å²) in [5.74, 6) is -0.150. The molecule has 1 aliphatic carbocycles. The first-order valence-electron chi connectivity index (χ1n) is 8.81. The van der Waals surface area contributed by atoms with E-state index in [1.807, 2.05) is 0 Å². The van der Waals surface area contributed by atoms with Gasteiger partial charge in [0.2, 0.25) is 5.91 Å². The fourth-order valence-corrected chi connectivity index (χ4v) is 6.83. The number of fused-ring (bicyclic) bond motifs is 3. The molecule has 2 aromatic heterocycles. The first kappa shape index (κ1) is 17.7. The Morgan fingerprint density at radius 1 is 1.38 bits per heavy atom. The standard InChI is InChI=1S/C17H21N3O4S2/c1-19(11-6-7-26(23,24)9-11)14(21)8-20-10-18-16-15(17(20)22)12-4-2-3-5-13(12)25-16/h10-11H,2-9H2,1H3/t11-/m0/s1. The summed E-state index contributed by atoms with van der Waals surface area (Å²) < 4.78 is 24.6. The molecule has 0 aromatic carbocycles. The first-order chi connectivity index (χ1) is 12.4. The van der Waals surface area contributed by atoms with Gasteiger partial charge in [-0.05, 0) is 37.7 Å². The fraction of sp³-hybridized carbons (Fsp3) is 0.588. The number of hydrogen-bond donors (Lipinski definition) is 0. The summed E-state index contributed by atoms with van der Waals surface area (Å²) in [6.45, 7) is -0.112. The summed E-state index contributed by atoms with van der Waals surface area (Å²) in [6, 6.07) is -0.311. The van der Waals surface area contributed by atoms with E-state index in [0.717, 1.165) is 36.1 Å². The van der Waals surface area contributed by atoms with Gasteiger partial charge in [0.05, 0.1) is 23.2 Å². The number of thiophene rings is 1. The maximum Gasteiger partial charge on any atom is 0.262 e. The van der Waals surface area contributed by atoms with E-state index in [4.69, 9.17) is 0 Å². The van der Waals surface area contributed by atoms with Gasteiger partial charge in [0.1, 0.15) is 11.4 Å². The smallest absolute Gasteiger partial charge is 0.262 e. The molecule has 4 rings (SSSR count). The van der Waals surface area contributed by atoms with Crippen LogP contribution in [0.25, 0.3) is 10.2 Å². The molecule has 26 heavy (non-hydrogen) atoms. The van der Waals surface area contributed by atoms with Gasteiger partial charge in [-0.3, -0.25) is 14.2 Å². The highest BCUT2D eigenvalue weighted by atomic mass is 32.2. The number of amides is 1. The molecule has 2 aliphatic rings. The van der Waals surface area contributed by atoms with E-state index in [9.17, 15) is 18.0 Å². The lowest BCUT2D eigenvalue weighted by molar-refractivity contribution is -0.132. The summed E-state index contributed by atoms with van der Waals surface area (Å²) in [5.41, 5.74) is 0.931. The Morgan fingerprint density at radius 3 is 2.88 bits per heavy atom. The molecule has 1 atom stereocenters. The second kappa shape index (κ2) is 6.45. The second-order valence-corrected chi connectivity index (χ2v) is 10.4. The lowest BCUT2D eigenvalue weighted by Crippen LogP contribution is -2.41. The molecule has 1 fully saturated rings. The molecule has 0 saturated carbocycles. The van der Waals surface area contributed by atoms with Crippen LogP contribution in [0.4, 0.5) is 0 Å². The van der Waals surface area contributed by atoms with Crippen LogP contribution >= 0.6 is 11.3 Å². The van der Waals surface area contributed by atoms with E-state index in [1.165, 1.54) is 20.7 Å². The molecule has 1 aliphatic heterocycles. The molecular weight excluding hydrogens is 374 g/mol. The van der Waals surface area contributed by atoms with Crippen LogP contribution in [0.2, 0.25) is 0 Å². The summed E-state index contributed by atoms with van der Waals surface area (Å²) in [6.07, 6.45) is 5.99. The quantitative estimate of drug-likeness (QED) is 0.773. The monoisotopic (exact) mass is 395 g/mol. The summed E-state index contributed by atoms with van der Waals surface area (Å²) in [5, 5.41) is 0.658. The van der Waals surface area contributed by atoms with Crippen LogP contribution in [0.5, 0.6) is 0 Å². The van der Waals surface area contributed by atoms with Crippen molar-refractivity contribution in [3.63, 3.8) is 0 Å². The highest BCUT2D eigenvalue weighted by molar-refractivity contribution is 7.91. The summed E-state index contributed by atoms with van der Waals surface area (Å²) >= 11 is 1.58. The largest absolute Gasteiger partial charge is 0.340 e. The number of carbonyl (C=O) groups excluding carboxylic acids is 1. The van der Waals surface area contributed by atoms with Gasteiger partial charge in [-0.2, -0.15) is 0 Å². The number of aromatic nitrogens is 2. The van der Waals surface area contributed by atoms with Gasteiger partial charge in [0, 0.05) is 18.0 Å². The number of sulfone groups is 1. The predicted molar refractivity (Wildman–Crippen MR) is 100 cm³/mol. The molecule has 0 radical (unpaired) electrons. The lowest BCUT2D eigenvalue weighted by Gasteiger charge is -2.23. The Bertz CT molecular complexity index is 1040. The summed E-state index contributed by atoms with van der Waals surface area (Å²) in [7, 11) is -1.45. The minimum absolute atomic E-state index is 0.000533. The molecule has 9 heteroatoms. The van der Waals surface area contributed by atoms with Crippen LogP contribution < -0.4 is 5.56 Å². The Labute approximate surface area is 155 Å². The Kier molecular flexibility index (Phi) is 4.38. The molecule has 7 nitrogen and oxygen atoms in total. The number of hydrogen-bond acceptors (Lipinski definition) is 6. The van der Waals surface area contributed by atoms with Gasteiger partial charge in [-0.1, -0.05) is 0 Å². The zero-order valence-corrected chi connectivity index (χ0v) is 16.2. The SMILES string of the molecule is CN(C(=O)Cn1cnc2sc3c(c2c1=O)CCCC3)[C@H]1CCS(=O)(=O)C1. The van der Waals surface area contributed by atoms with Crippen molar-refractivity contribution in [2.75, 3.05) is 18.6 Å². The average molecular weight is 396 g/mol. The highest BCUT2D eigenvalue weighted by Gasteiger charge is 2.33. The first-order valence-corrected chi connectivity index (χ1v) is 11.5.